The zero-order valence-electron chi connectivity index (χ0n) is 14.9. The van der Waals surface area contributed by atoms with Gasteiger partial charge in [-0.05, 0) is 43.4 Å². The summed E-state index contributed by atoms with van der Waals surface area (Å²) in [6.07, 6.45) is 5.29. The summed E-state index contributed by atoms with van der Waals surface area (Å²) in [5.41, 5.74) is 3.19. The third kappa shape index (κ3) is 4.40. The van der Waals surface area contributed by atoms with Gasteiger partial charge in [0.15, 0.2) is 0 Å². The Morgan fingerprint density at radius 2 is 2.19 bits per heavy atom. The topological polar surface area (TPSA) is 79.2 Å². The lowest BCUT2D eigenvalue weighted by Gasteiger charge is -2.24. The number of aliphatic hydroxyl groups is 1. The monoisotopic (exact) mass is 360 g/mol. The van der Waals surface area contributed by atoms with Crippen LogP contribution in [-0.4, -0.2) is 34.1 Å². The first kappa shape index (κ1) is 18.4. The fourth-order valence-corrected chi connectivity index (χ4v) is 3.46. The van der Waals surface area contributed by atoms with E-state index >= 15 is 0 Å². The van der Waals surface area contributed by atoms with Gasteiger partial charge >= 0.3 is 6.03 Å². The highest BCUT2D eigenvalue weighted by Gasteiger charge is 2.24. The molecule has 0 aliphatic heterocycles. The Labute approximate surface area is 152 Å². The summed E-state index contributed by atoms with van der Waals surface area (Å²) in [6.45, 7) is 0.306. The van der Waals surface area contributed by atoms with Gasteiger partial charge in [-0.15, -0.1) is 0 Å². The van der Waals surface area contributed by atoms with Gasteiger partial charge < -0.3 is 15.7 Å². The van der Waals surface area contributed by atoms with E-state index in [0.29, 0.717) is 13.0 Å². The molecule has 0 saturated carbocycles. The number of amides is 2. The van der Waals surface area contributed by atoms with Crippen LogP contribution >= 0.6 is 0 Å². The second-order valence-corrected chi connectivity index (χ2v) is 6.85. The lowest BCUT2D eigenvalue weighted by atomic mass is 9.93. The Balaban J connectivity index is 1.51. The number of carbonyl (C=O) groups excluding carboxylic acids is 1. The predicted octanol–water partition coefficient (Wildman–Crippen LogP) is 2.09. The first-order valence-electron chi connectivity index (χ1n) is 8.97. The zero-order valence-corrected chi connectivity index (χ0v) is 14.9. The summed E-state index contributed by atoms with van der Waals surface area (Å²) in [4.78, 5) is 12.3. The quantitative estimate of drug-likeness (QED) is 0.738. The van der Waals surface area contributed by atoms with Crippen LogP contribution in [0.4, 0.5) is 9.18 Å². The Morgan fingerprint density at radius 1 is 1.42 bits per heavy atom. The second-order valence-electron chi connectivity index (χ2n) is 6.85. The number of hydrogen-bond acceptors (Lipinski definition) is 3. The Kier molecular flexibility index (Phi) is 5.88. The van der Waals surface area contributed by atoms with Crippen LogP contribution in [0.3, 0.4) is 0 Å². The second kappa shape index (κ2) is 8.31. The minimum absolute atomic E-state index is 0.0304. The number of aliphatic hydroxyl groups excluding tert-OH is 1. The molecule has 1 aromatic heterocycles. The molecule has 0 spiro atoms. The van der Waals surface area contributed by atoms with E-state index in [1.165, 1.54) is 17.8 Å². The third-order valence-corrected chi connectivity index (χ3v) is 4.93. The van der Waals surface area contributed by atoms with Gasteiger partial charge in [0, 0.05) is 37.4 Å². The van der Waals surface area contributed by atoms with Gasteiger partial charge in [-0.1, -0.05) is 12.1 Å². The minimum atomic E-state index is -0.283. The molecular weight excluding hydrogens is 335 g/mol. The Bertz CT molecular complexity index is 744. The molecule has 26 heavy (non-hydrogen) atoms. The van der Waals surface area contributed by atoms with Crippen LogP contribution in [0.1, 0.15) is 35.7 Å². The lowest BCUT2D eigenvalue weighted by Crippen LogP contribution is -2.41. The predicted molar refractivity (Wildman–Crippen MR) is 96.1 cm³/mol. The van der Waals surface area contributed by atoms with E-state index in [-0.39, 0.29) is 30.4 Å². The number of urea groups is 1. The molecule has 6 nitrogen and oxygen atoms in total. The number of fused-ring (bicyclic) bond motifs is 1. The van der Waals surface area contributed by atoms with Crippen LogP contribution in [0.15, 0.2) is 30.5 Å². The molecule has 0 bridgehead atoms. The van der Waals surface area contributed by atoms with Crippen LogP contribution in [0.2, 0.25) is 0 Å². The highest BCUT2D eigenvalue weighted by atomic mass is 19.1. The minimum Gasteiger partial charge on any atom is -0.396 e. The van der Waals surface area contributed by atoms with E-state index < -0.39 is 0 Å². The third-order valence-electron chi connectivity index (χ3n) is 4.93. The van der Waals surface area contributed by atoms with E-state index in [0.717, 1.165) is 30.4 Å². The van der Waals surface area contributed by atoms with Crippen LogP contribution in [0.5, 0.6) is 0 Å². The maximum Gasteiger partial charge on any atom is 0.315 e. The maximum absolute atomic E-state index is 13.0. The van der Waals surface area contributed by atoms with Crippen molar-refractivity contribution < 1.29 is 14.3 Å². The molecule has 2 amide bonds. The van der Waals surface area contributed by atoms with Gasteiger partial charge in [-0.3, -0.25) is 4.68 Å². The normalized spacial score (nSPS) is 17.4. The molecule has 0 saturated heterocycles. The molecule has 2 aromatic rings. The molecule has 1 heterocycles. The van der Waals surface area contributed by atoms with Crippen LogP contribution < -0.4 is 10.6 Å². The number of hydrogen-bond donors (Lipinski definition) is 3. The van der Waals surface area contributed by atoms with E-state index in [1.54, 1.807) is 12.1 Å². The molecule has 140 valence electrons. The standard InChI is InChI=1S/C19H25FN4O2/c1-24-18-4-2-3-17(16(18)11-22-24)23-19(26)21-10-14(12-25)9-13-5-7-15(20)8-6-13/h5-8,11,14,17,25H,2-4,9-10,12H2,1H3,(H2,21,23,26). The number of nitrogens with zero attached hydrogens (tertiary/aromatic N) is 2. The molecule has 3 rings (SSSR count). The fraction of sp³-hybridized carbons (Fsp3) is 0.474. The zero-order chi connectivity index (χ0) is 18.5. The maximum atomic E-state index is 13.0. The van der Waals surface area contributed by atoms with Crippen molar-refractivity contribution in [3.8, 4) is 0 Å². The molecule has 0 fully saturated rings. The van der Waals surface area contributed by atoms with Gasteiger partial charge in [0.1, 0.15) is 5.82 Å². The largest absolute Gasteiger partial charge is 0.396 e. The van der Waals surface area contributed by atoms with Gasteiger partial charge in [0.25, 0.3) is 0 Å². The van der Waals surface area contributed by atoms with Crippen molar-refractivity contribution in [3.63, 3.8) is 0 Å². The lowest BCUT2D eigenvalue weighted by molar-refractivity contribution is 0.212. The molecule has 2 unspecified atom stereocenters. The first-order valence-corrected chi connectivity index (χ1v) is 8.97. The summed E-state index contributed by atoms with van der Waals surface area (Å²) in [6, 6.07) is 5.92. The fourth-order valence-electron chi connectivity index (χ4n) is 3.46. The van der Waals surface area contributed by atoms with E-state index in [4.69, 9.17) is 0 Å². The van der Waals surface area contributed by atoms with Gasteiger partial charge in [-0.2, -0.15) is 5.10 Å². The van der Waals surface area contributed by atoms with Crippen LogP contribution in [0.25, 0.3) is 0 Å². The van der Waals surface area contributed by atoms with Crippen molar-refractivity contribution in [2.75, 3.05) is 13.2 Å². The van der Waals surface area contributed by atoms with Gasteiger partial charge in [0.05, 0.1) is 12.2 Å². The summed E-state index contributed by atoms with van der Waals surface area (Å²) in [5, 5.41) is 19.7. The number of halogens is 1. The first-order chi connectivity index (χ1) is 12.6. The van der Waals surface area contributed by atoms with E-state index in [2.05, 4.69) is 15.7 Å². The van der Waals surface area contributed by atoms with Gasteiger partial charge in [0.2, 0.25) is 0 Å². The SMILES string of the molecule is Cn1ncc2c1CCCC2NC(=O)NCC(CO)Cc1ccc(F)cc1. The molecule has 2 atom stereocenters. The molecule has 7 heteroatoms. The number of aryl methyl sites for hydroxylation is 1. The summed E-state index contributed by atoms with van der Waals surface area (Å²) in [7, 11) is 1.92. The molecule has 1 aromatic carbocycles. The van der Waals surface area contributed by atoms with Crippen LogP contribution in [0, 0.1) is 11.7 Å². The molecule has 1 aliphatic rings. The number of carbonyl (C=O) groups is 1. The van der Waals surface area contributed by atoms with Crippen LogP contribution in [-0.2, 0) is 19.9 Å². The summed E-state index contributed by atoms with van der Waals surface area (Å²) >= 11 is 0. The number of nitrogens with one attached hydrogen (secondary N) is 2. The molecule has 3 N–H and O–H groups in total. The van der Waals surface area contributed by atoms with Crippen molar-refractivity contribution in [1.82, 2.24) is 20.4 Å². The summed E-state index contributed by atoms with van der Waals surface area (Å²) < 4.78 is 14.8. The average Bonchev–Trinajstić information content (AvgIpc) is 3.02. The van der Waals surface area contributed by atoms with Crippen molar-refractivity contribution in [3.05, 3.63) is 53.1 Å². The van der Waals surface area contributed by atoms with Gasteiger partial charge in [-0.25, -0.2) is 9.18 Å². The molecule has 0 radical (unpaired) electrons. The number of rotatable bonds is 6. The average molecular weight is 360 g/mol. The summed E-state index contributed by atoms with van der Waals surface area (Å²) in [5.74, 6) is -0.402. The van der Waals surface area contributed by atoms with E-state index in [1.807, 2.05) is 17.9 Å². The molecule has 1 aliphatic carbocycles. The number of benzene rings is 1. The smallest absolute Gasteiger partial charge is 0.315 e. The van der Waals surface area contributed by atoms with Crippen molar-refractivity contribution in [2.24, 2.45) is 13.0 Å². The highest BCUT2D eigenvalue weighted by molar-refractivity contribution is 5.74. The molecular formula is C19H25FN4O2. The van der Waals surface area contributed by atoms with Crippen molar-refractivity contribution in [1.29, 1.82) is 0 Å². The highest BCUT2D eigenvalue weighted by Crippen LogP contribution is 2.28. The van der Waals surface area contributed by atoms with E-state index in [9.17, 15) is 14.3 Å². The van der Waals surface area contributed by atoms with Crippen molar-refractivity contribution in [2.45, 2.75) is 31.7 Å². The van der Waals surface area contributed by atoms with Crippen molar-refractivity contribution >= 4 is 6.03 Å². The Morgan fingerprint density at radius 3 is 2.92 bits per heavy atom. The number of aromatic nitrogens is 2. The Hall–Kier alpha value is -2.41.